The number of likely N-dealkylation sites (N-methyl/N-ethyl adjacent to an activating group) is 1. The number of carbonyl (C=O) groups excluding carboxylic acids is 1. The van der Waals surface area contributed by atoms with Crippen molar-refractivity contribution in [1.29, 1.82) is 0 Å². The molecule has 4 rings (SSSR count). The topological polar surface area (TPSA) is 70.6 Å². The minimum Gasteiger partial charge on any atom is -0.379 e. The van der Waals surface area contributed by atoms with Crippen LogP contribution in [0.15, 0.2) is 18.2 Å². The number of morpholine rings is 1. The van der Waals surface area contributed by atoms with Crippen LogP contribution in [0.5, 0.6) is 0 Å². The molecule has 2 aliphatic heterocycles. The van der Waals surface area contributed by atoms with Crippen molar-refractivity contribution in [2.24, 2.45) is 0 Å². The van der Waals surface area contributed by atoms with Crippen molar-refractivity contribution in [3.8, 4) is 0 Å². The molecule has 33 heavy (non-hydrogen) atoms. The van der Waals surface area contributed by atoms with E-state index in [0.717, 1.165) is 32.4 Å². The van der Waals surface area contributed by atoms with Crippen molar-refractivity contribution in [3.63, 3.8) is 0 Å². The van der Waals surface area contributed by atoms with E-state index >= 15 is 0 Å². The number of nitrogens with zero attached hydrogens (tertiary/aromatic N) is 4. The number of nitrogens with one attached hydrogen (secondary N) is 1. The molecule has 0 bridgehead atoms. The van der Waals surface area contributed by atoms with Crippen molar-refractivity contribution >= 4 is 23.8 Å². The van der Waals surface area contributed by atoms with E-state index in [0.29, 0.717) is 36.6 Å². The average molecular weight is 488 g/mol. The van der Waals surface area contributed by atoms with Crippen LogP contribution in [-0.4, -0.2) is 59.5 Å². The molecule has 7 nitrogen and oxygen atoms in total. The lowest BCUT2D eigenvalue weighted by Gasteiger charge is -2.21. The van der Waals surface area contributed by atoms with Gasteiger partial charge in [0.2, 0.25) is 11.7 Å². The number of benzene rings is 1. The quantitative estimate of drug-likeness (QED) is 0.502. The summed E-state index contributed by atoms with van der Waals surface area (Å²) in [6.45, 7) is 8.59. The molecule has 0 spiro atoms. The Balaban J connectivity index is 0.000000362. The zero-order valence-corrected chi connectivity index (χ0v) is 19.7. The lowest BCUT2D eigenvalue weighted by Crippen LogP contribution is -2.32. The summed E-state index contributed by atoms with van der Waals surface area (Å²) in [6.07, 6.45) is -2.20. The number of rotatable bonds is 5. The summed E-state index contributed by atoms with van der Waals surface area (Å²) >= 11 is 5.86. The highest BCUT2D eigenvalue weighted by molar-refractivity contribution is 6.28. The standard InChI is InChI=1S/C15H12ClF3N4O.C5H11NO.C2H6/c16-15-21-11-6-23(7-24)5-10(11)14(22-15)20-4-8-2-1-3-9(12(8)17)13(18)19;1-6-2-4-7-5-3-6;1-2/h1-3,7,13H,4-6H2,(H,20,21,22);2-5H2,1H3;1-2H3. The van der Waals surface area contributed by atoms with Gasteiger partial charge in [0.1, 0.15) is 11.6 Å². The summed E-state index contributed by atoms with van der Waals surface area (Å²) in [5.74, 6) is -0.595. The highest BCUT2D eigenvalue weighted by atomic mass is 35.5. The van der Waals surface area contributed by atoms with Crippen LogP contribution >= 0.6 is 11.6 Å². The minimum atomic E-state index is -2.89. The first-order chi connectivity index (χ1) is 15.9. The van der Waals surface area contributed by atoms with Crippen molar-refractivity contribution in [1.82, 2.24) is 19.8 Å². The van der Waals surface area contributed by atoms with Gasteiger partial charge in [-0.2, -0.15) is 0 Å². The van der Waals surface area contributed by atoms with E-state index in [4.69, 9.17) is 16.3 Å². The van der Waals surface area contributed by atoms with Gasteiger partial charge in [-0.15, -0.1) is 0 Å². The molecule has 1 fully saturated rings. The summed E-state index contributed by atoms with van der Waals surface area (Å²) in [7, 11) is 2.11. The van der Waals surface area contributed by atoms with E-state index in [1.54, 1.807) is 0 Å². The smallest absolute Gasteiger partial charge is 0.266 e. The van der Waals surface area contributed by atoms with Gasteiger partial charge in [0.25, 0.3) is 6.43 Å². The molecule has 1 saturated heterocycles. The Hall–Kier alpha value is -2.43. The lowest BCUT2D eigenvalue weighted by molar-refractivity contribution is -0.118. The molecule has 2 aromatic rings. The predicted molar refractivity (Wildman–Crippen MR) is 121 cm³/mol. The fourth-order valence-electron chi connectivity index (χ4n) is 3.21. The second kappa shape index (κ2) is 13.3. The summed E-state index contributed by atoms with van der Waals surface area (Å²) in [4.78, 5) is 22.8. The number of alkyl halides is 2. The van der Waals surface area contributed by atoms with Crippen LogP contribution in [0.1, 0.15) is 42.7 Å². The Labute approximate surface area is 196 Å². The summed E-state index contributed by atoms with van der Waals surface area (Å²) < 4.78 is 44.7. The minimum absolute atomic E-state index is 0.00852. The van der Waals surface area contributed by atoms with Crippen molar-refractivity contribution < 1.29 is 22.7 Å². The number of carbonyl (C=O) groups is 1. The van der Waals surface area contributed by atoms with Gasteiger partial charge in [-0.05, 0) is 18.6 Å². The fraction of sp³-hybridized carbons (Fsp3) is 0.500. The van der Waals surface area contributed by atoms with Crippen LogP contribution < -0.4 is 5.32 Å². The molecule has 2 aliphatic rings. The molecule has 1 aromatic carbocycles. The Bertz CT molecular complexity index is 914. The van der Waals surface area contributed by atoms with Gasteiger partial charge in [0, 0.05) is 30.8 Å². The predicted octanol–water partition coefficient (Wildman–Crippen LogP) is 4.27. The third kappa shape index (κ3) is 7.55. The molecule has 1 aromatic heterocycles. The number of hydrogen-bond donors (Lipinski definition) is 1. The third-order valence-electron chi connectivity index (χ3n) is 4.95. The largest absolute Gasteiger partial charge is 0.379 e. The number of aromatic nitrogens is 2. The van der Waals surface area contributed by atoms with E-state index in [-0.39, 0.29) is 17.4 Å². The van der Waals surface area contributed by atoms with E-state index in [9.17, 15) is 18.0 Å². The van der Waals surface area contributed by atoms with Crippen LogP contribution in [0.4, 0.5) is 19.0 Å². The number of halogens is 4. The highest BCUT2D eigenvalue weighted by Crippen LogP contribution is 2.28. The average Bonchev–Trinajstić information content (AvgIpc) is 3.23. The zero-order chi connectivity index (χ0) is 24.4. The molecule has 0 atom stereocenters. The van der Waals surface area contributed by atoms with Crippen LogP contribution in [0, 0.1) is 5.82 Å². The maximum Gasteiger partial charge on any atom is 0.266 e. The number of hydrogen-bond acceptors (Lipinski definition) is 6. The van der Waals surface area contributed by atoms with Crippen LogP contribution in [0.3, 0.4) is 0 Å². The van der Waals surface area contributed by atoms with Crippen molar-refractivity contribution in [3.05, 3.63) is 51.7 Å². The van der Waals surface area contributed by atoms with Crippen molar-refractivity contribution in [2.75, 3.05) is 38.7 Å². The first kappa shape index (κ1) is 26.8. The Morgan fingerprint density at radius 2 is 1.91 bits per heavy atom. The second-order valence-corrected chi connectivity index (χ2v) is 7.51. The maximum absolute atomic E-state index is 14.1. The van der Waals surface area contributed by atoms with Crippen LogP contribution in [-0.2, 0) is 29.2 Å². The zero-order valence-electron chi connectivity index (χ0n) is 19.0. The number of ether oxygens (including phenoxy) is 1. The van der Waals surface area contributed by atoms with Gasteiger partial charge >= 0.3 is 0 Å². The van der Waals surface area contributed by atoms with Gasteiger partial charge in [-0.25, -0.2) is 23.1 Å². The third-order valence-corrected chi connectivity index (χ3v) is 5.12. The van der Waals surface area contributed by atoms with Gasteiger partial charge in [0.15, 0.2) is 0 Å². The normalized spacial score (nSPS) is 15.2. The summed E-state index contributed by atoms with van der Waals surface area (Å²) in [6, 6.07) is 3.83. The van der Waals surface area contributed by atoms with Crippen molar-refractivity contribution in [2.45, 2.75) is 39.9 Å². The molecule has 182 valence electrons. The number of anilines is 1. The first-order valence-electron chi connectivity index (χ1n) is 10.7. The van der Waals surface area contributed by atoms with Gasteiger partial charge in [-0.3, -0.25) is 4.79 Å². The summed E-state index contributed by atoms with van der Waals surface area (Å²) in [5.41, 5.74) is 0.720. The molecule has 0 aliphatic carbocycles. The molecule has 1 amide bonds. The van der Waals surface area contributed by atoms with E-state index in [1.165, 1.54) is 17.0 Å². The molecule has 3 heterocycles. The van der Waals surface area contributed by atoms with Gasteiger partial charge in [-0.1, -0.05) is 32.0 Å². The Morgan fingerprint density at radius 1 is 1.21 bits per heavy atom. The molecule has 0 radical (unpaired) electrons. The summed E-state index contributed by atoms with van der Waals surface area (Å²) in [5, 5.41) is 2.88. The van der Waals surface area contributed by atoms with E-state index in [2.05, 4.69) is 27.2 Å². The molecular formula is C22H29ClF3N5O2. The molecular weight excluding hydrogens is 459 g/mol. The monoisotopic (exact) mass is 487 g/mol. The van der Waals surface area contributed by atoms with Crippen LogP contribution in [0.25, 0.3) is 0 Å². The molecule has 11 heteroatoms. The SMILES string of the molecule is CC.CN1CCOCC1.O=CN1Cc2nc(Cl)nc(NCc3cccc(C(F)F)c3F)c2C1. The van der Waals surface area contributed by atoms with E-state index < -0.39 is 17.8 Å². The number of fused-ring (bicyclic) bond motifs is 1. The number of amides is 1. The Kier molecular flexibility index (Phi) is 10.8. The van der Waals surface area contributed by atoms with Crippen LogP contribution in [0.2, 0.25) is 5.28 Å². The highest BCUT2D eigenvalue weighted by Gasteiger charge is 2.24. The van der Waals surface area contributed by atoms with Gasteiger partial charge in [0.05, 0.1) is 37.6 Å². The molecule has 0 unspecified atom stereocenters. The Morgan fingerprint density at radius 3 is 2.48 bits per heavy atom. The lowest BCUT2D eigenvalue weighted by atomic mass is 10.1. The molecule has 1 N–H and O–H groups in total. The van der Waals surface area contributed by atoms with Gasteiger partial charge < -0.3 is 19.9 Å². The second-order valence-electron chi connectivity index (χ2n) is 7.17. The molecule has 0 saturated carbocycles. The van der Waals surface area contributed by atoms with E-state index in [1.807, 2.05) is 13.8 Å². The fourth-order valence-corrected chi connectivity index (χ4v) is 3.39. The maximum atomic E-state index is 14.1. The first-order valence-corrected chi connectivity index (χ1v) is 11.1.